The molecule has 2 heterocycles. The SMILES string of the molecule is CCn1c(=NC(=O)c2ccc(S(=O)(=O)N3CCOCC3)cc2)sc2c(OC)ccc(OC)c21. The zero-order chi connectivity index (χ0) is 23.6. The van der Waals surface area contributed by atoms with Gasteiger partial charge in [-0.25, -0.2) is 8.42 Å². The Morgan fingerprint density at radius 3 is 2.30 bits per heavy atom. The van der Waals surface area contributed by atoms with Gasteiger partial charge in [0.2, 0.25) is 10.0 Å². The molecule has 0 atom stereocenters. The molecule has 3 aromatic rings. The first kappa shape index (κ1) is 23.4. The Hall–Kier alpha value is -2.73. The summed E-state index contributed by atoms with van der Waals surface area (Å²) in [7, 11) is -0.445. The van der Waals surface area contributed by atoms with Gasteiger partial charge in [-0.05, 0) is 43.3 Å². The molecule has 2 aromatic carbocycles. The fraction of sp³-hybridized carbons (Fsp3) is 0.364. The van der Waals surface area contributed by atoms with Gasteiger partial charge in [0.15, 0.2) is 4.80 Å². The number of nitrogens with zero attached hydrogens (tertiary/aromatic N) is 3. The van der Waals surface area contributed by atoms with E-state index in [2.05, 4.69) is 4.99 Å². The van der Waals surface area contributed by atoms with Gasteiger partial charge in [-0.1, -0.05) is 11.3 Å². The van der Waals surface area contributed by atoms with Gasteiger partial charge in [-0.3, -0.25) is 4.79 Å². The van der Waals surface area contributed by atoms with Crippen LogP contribution in [0.4, 0.5) is 0 Å². The van der Waals surface area contributed by atoms with Gasteiger partial charge in [-0.2, -0.15) is 9.30 Å². The Morgan fingerprint density at radius 1 is 1.06 bits per heavy atom. The smallest absolute Gasteiger partial charge is 0.279 e. The Morgan fingerprint density at radius 2 is 1.70 bits per heavy atom. The predicted molar refractivity (Wildman–Crippen MR) is 125 cm³/mol. The van der Waals surface area contributed by atoms with Crippen LogP contribution in [0, 0.1) is 0 Å². The molecule has 1 aromatic heterocycles. The fourth-order valence-electron chi connectivity index (χ4n) is 3.69. The first-order chi connectivity index (χ1) is 15.9. The summed E-state index contributed by atoms with van der Waals surface area (Å²) in [6, 6.07) is 9.50. The third-order valence-corrected chi connectivity index (χ3v) is 8.42. The molecule has 1 fully saturated rings. The summed E-state index contributed by atoms with van der Waals surface area (Å²) in [5.74, 6) is 0.872. The van der Waals surface area contributed by atoms with Crippen molar-refractivity contribution in [3.8, 4) is 11.5 Å². The van der Waals surface area contributed by atoms with Crippen LogP contribution in [0.15, 0.2) is 46.3 Å². The maximum Gasteiger partial charge on any atom is 0.279 e. The van der Waals surface area contributed by atoms with Gasteiger partial charge in [0.1, 0.15) is 21.7 Å². The maximum absolute atomic E-state index is 12.9. The molecule has 1 amide bonds. The number of benzene rings is 2. The van der Waals surface area contributed by atoms with Crippen molar-refractivity contribution in [3.05, 3.63) is 46.8 Å². The third-order valence-electron chi connectivity index (χ3n) is 5.41. The van der Waals surface area contributed by atoms with Crippen LogP contribution in [0.3, 0.4) is 0 Å². The number of hydrogen-bond acceptors (Lipinski definition) is 7. The van der Waals surface area contributed by atoms with Crippen molar-refractivity contribution in [2.75, 3.05) is 40.5 Å². The quantitative estimate of drug-likeness (QED) is 0.525. The van der Waals surface area contributed by atoms with E-state index in [1.807, 2.05) is 23.6 Å². The number of amides is 1. The van der Waals surface area contributed by atoms with Crippen molar-refractivity contribution in [2.45, 2.75) is 18.4 Å². The van der Waals surface area contributed by atoms with E-state index in [1.165, 1.54) is 39.9 Å². The maximum atomic E-state index is 12.9. The molecule has 0 unspecified atom stereocenters. The summed E-state index contributed by atoms with van der Waals surface area (Å²) < 4.78 is 45.9. The largest absolute Gasteiger partial charge is 0.495 e. The Bertz CT molecular complexity index is 1340. The van der Waals surface area contributed by atoms with Crippen LogP contribution < -0.4 is 14.3 Å². The number of methoxy groups -OCH3 is 2. The van der Waals surface area contributed by atoms with E-state index in [1.54, 1.807) is 14.2 Å². The van der Waals surface area contributed by atoms with Crippen LogP contribution in [-0.4, -0.2) is 63.7 Å². The summed E-state index contributed by atoms with van der Waals surface area (Å²) in [5, 5.41) is 0. The molecule has 1 aliphatic rings. The highest BCUT2D eigenvalue weighted by molar-refractivity contribution is 7.89. The molecule has 33 heavy (non-hydrogen) atoms. The first-order valence-corrected chi connectivity index (χ1v) is 12.7. The monoisotopic (exact) mass is 491 g/mol. The molecule has 4 rings (SSSR count). The van der Waals surface area contributed by atoms with Gasteiger partial charge in [0, 0.05) is 25.2 Å². The molecule has 176 valence electrons. The van der Waals surface area contributed by atoms with Crippen molar-refractivity contribution in [1.82, 2.24) is 8.87 Å². The molecule has 0 N–H and O–H groups in total. The number of sulfonamides is 1. The summed E-state index contributed by atoms with van der Waals surface area (Å²) >= 11 is 1.33. The van der Waals surface area contributed by atoms with Crippen LogP contribution in [-0.2, 0) is 21.3 Å². The molecule has 0 radical (unpaired) electrons. The number of hydrogen-bond donors (Lipinski definition) is 0. The number of aromatic nitrogens is 1. The van der Waals surface area contributed by atoms with Gasteiger partial charge in [0.05, 0.1) is 32.3 Å². The number of ether oxygens (including phenoxy) is 3. The van der Waals surface area contributed by atoms with Crippen LogP contribution in [0.1, 0.15) is 17.3 Å². The number of carbonyl (C=O) groups excluding carboxylic acids is 1. The third kappa shape index (κ3) is 4.41. The lowest BCUT2D eigenvalue weighted by molar-refractivity contribution is 0.0730. The molecule has 9 nitrogen and oxygen atoms in total. The highest BCUT2D eigenvalue weighted by Crippen LogP contribution is 2.35. The minimum atomic E-state index is -3.63. The summed E-state index contributed by atoms with van der Waals surface area (Å²) in [4.78, 5) is 17.9. The summed E-state index contributed by atoms with van der Waals surface area (Å²) in [5.41, 5.74) is 1.11. The molecule has 11 heteroatoms. The number of rotatable bonds is 6. The van der Waals surface area contributed by atoms with Crippen LogP contribution in [0.5, 0.6) is 11.5 Å². The van der Waals surface area contributed by atoms with E-state index in [0.717, 1.165) is 10.2 Å². The predicted octanol–water partition coefficient (Wildman–Crippen LogP) is 2.50. The lowest BCUT2D eigenvalue weighted by atomic mass is 10.2. The Kier molecular flexibility index (Phi) is 6.84. The van der Waals surface area contributed by atoms with E-state index in [9.17, 15) is 13.2 Å². The first-order valence-electron chi connectivity index (χ1n) is 10.4. The standard InChI is InChI=1S/C22H25N3O6S2/c1-4-25-19-17(29-2)9-10-18(30-3)20(19)32-22(25)23-21(26)15-5-7-16(8-6-15)33(27,28)24-11-13-31-14-12-24/h5-10H,4,11-14H2,1-3H3. The van der Waals surface area contributed by atoms with Gasteiger partial charge in [-0.15, -0.1) is 0 Å². The second-order valence-corrected chi connectivity index (χ2v) is 10.1. The van der Waals surface area contributed by atoms with Crippen LogP contribution in [0.25, 0.3) is 10.2 Å². The van der Waals surface area contributed by atoms with Crippen molar-refractivity contribution < 1.29 is 27.4 Å². The number of carbonyl (C=O) groups is 1. The number of thiazole rings is 1. The van der Waals surface area contributed by atoms with Crippen molar-refractivity contribution in [2.24, 2.45) is 4.99 Å². The normalized spacial score (nSPS) is 15.7. The number of fused-ring (bicyclic) bond motifs is 1. The van der Waals surface area contributed by atoms with Crippen molar-refractivity contribution in [1.29, 1.82) is 0 Å². The average molecular weight is 492 g/mol. The van der Waals surface area contributed by atoms with E-state index in [0.29, 0.717) is 54.7 Å². The highest BCUT2D eigenvalue weighted by Gasteiger charge is 2.26. The van der Waals surface area contributed by atoms with Crippen LogP contribution >= 0.6 is 11.3 Å². The molecule has 0 spiro atoms. The second-order valence-electron chi connectivity index (χ2n) is 7.23. The molecule has 1 saturated heterocycles. The summed E-state index contributed by atoms with van der Waals surface area (Å²) in [6.45, 7) is 3.91. The van der Waals surface area contributed by atoms with Gasteiger partial charge >= 0.3 is 0 Å². The summed E-state index contributed by atoms with van der Waals surface area (Å²) in [6.07, 6.45) is 0. The van der Waals surface area contributed by atoms with Crippen molar-refractivity contribution in [3.63, 3.8) is 0 Å². The zero-order valence-electron chi connectivity index (χ0n) is 18.6. The Balaban J connectivity index is 1.70. The minimum absolute atomic E-state index is 0.140. The van der Waals surface area contributed by atoms with Gasteiger partial charge < -0.3 is 18.8 Å². The zero-order valence-corrected chi connectivity index (χ0v) is 20.2. The van der Waals surface area contributed by atoms with E-state index < -0.39 is 15.9 Å². The van der Waals surface area contributed by atoms with Crippen molar-refractivity contribution >= 4 is 37.5 Å². The molecule has 1 aliphatic heterocycles. The van der Waals surface area contributed by atoms with E-state index in [-0.39, 0.29) is 4.90 Å². The topological polar surface area (TPSA) is 99.4 Å². The minimum Gasteiger partial charge on any atom is -0.495 e. The Labute approximate surface area is 195 Å². The fourth-order valence-corrected chi connectivity index (χ4v) is 6.30. The molecular formula is C22H25N3O6S2. The lowest BCUT2D eigenvalue weighted by Crippen LogP contribution is -2.40. The highest BCUT2D eigenvalue weighted by atomic mass is 32.2. The lowest BCUT2D eigenvalue weighted by Gasteiger charge is -2.26. The number of aryl methyl sites for hydroxylation is 1. The molecule has 0 saturated carbocycles. The van der Waals surface area contributed by atoms with Crippen LogP contribution in [0.2, 0.25) is 0 Å². The molecule has 0 aliphatic carbocycles. The second kappa shape index (κ2) is 9.64. The number of morpholine rings is 1. The van der Waals surface area contributed by atoms with Gasteiger partial charge in [0.25, 0.3) is 5.91 Å². The van der Waals surface area contributed by atoms with E-state index in [4.69, 9.17) is 14.2 Å². The van der Waals surface area contributed by atoms with E-state index >= 15 is 0 Å². The molecule has 0 bridgehead atoms. The average Bonchev–Trinajstić information content (AvgIpc) is 3.22. The molecular weight excluding hydrogens is 466 g/mol.